The summed E-state index contributed by atoms with van der Waals surface area (Å²) in [4.78, 5) is 0. The molecule has 0 bridgehead atoms. The third kappa shape index (κ3) is 7.67. The normalized spacial score (nSPS) is 18.6. The van der Waals surface area contributed by atoms with Gasteiger partial charge in [-0.2, -0.15) is 0 Å². The van der Waals surface area contributed by atoms with E-state index in [1.54, 1.807) is 0 Å². The van der Waals surface area contributed by atoms with Crippen LogP contribution in [0.3, 0.4) is 0 Å². The lowest BCUT2D eigenvalue weighted by Gasteiger charge is -2.35. The molecule has 1 nitrogen and oxygen atoms in total. The minimum absolute atomic E-state index is 0.589. The first-order chi connectivity index (χ1) is 9.70. The van der Waals surface area contributed by atoms with Crippen molar-refractivity contribution in [3.8, 4) is 0 Å². The summed E-state index contributed by atoms with van der Waals surface area (Å²) in [5.41, 5.74) is 0.589. The van der Waals surface area contributed by atoms with Crippen molar-refractivity contribution in [1.29, 1.82) is 0 Å². The maximum absolute atomic E-state index is 3.95. The highest BCUT2D eigenvalue weighted by atomic mass is 14.9. The molecule has 1 aliphatic rings. The lowest BCUT2D eigenvalue weighted by atomic mass is 9.75. The van der Waals surface area contributed by atoms with Gasteiger partial charge < -0.3 is 5.32 Å². The van der Waals surface area contributed by atoms with Crippen LogP contribution in [-0.4, -0.2) is 12.6 Å². The van der Waals surface area contributed by atoms with Gasteiger partial charge in [0, 0.05) is 12.6 Å². The zero-order valence-corrected chi connectivity index (χ0v) is 14.5. The van der Waals surface area contributed by atoms with E-state index in [2.05, 4.69) is 26.1 Å². The average Bonchev–Trinajstić information content (AvgIpc) is 2.45. The number of hydrogen-bond donors (Lipinski definition) is 1. The molecule has 1 aliphatic carbocycles. The maximum atomic E-state index is 3.95. The summed E-state index contributed by atoms with van der Waals surface area (Å²) in [6, 6.07) is 0.784. The Labute approximate surface area is 128 Å². The molecule has 1 rings (SSSR count). The van der Waals surface area contributed by atoms with E-state index in [4.69, 9.17) is 0 Å². The Morgan fingerprint density at radius 3 is 1.90 bits per heavy atom. The molecule has 0 aromatic heterocycles. The van der Waals surface area contributed by atoms with Crippen LogP contribution in [0, 0.1) is 5.41 Å². The van der Waals surface area contributed by atoms with Gasteiger partial charge in [-0.05, 0) is 31.1 Å². The maximum Gasteiger partial charge on any atom is 0.00672 e. The summed E-state index contributed by atoms with van der Waals surface area (Å²) in [5, 5.41) is 3.95. The van der Waals surface area contributed by atoms with Crippen molar-refractivity contribution in [1.82, 2.24) is 5.32 Å². The van der Waals surface area contributed by atoms with Crippen LogP contribution < -0.4 is 5.32 Å². The van der Waals surface area contributed by atoms with Gasteiger partial charge in [0.25, 0.3) is 0 Å². The molecule has 0 aliphatic heterocycles. The predicted molar refractivity (Wildman–Crippen MR) is 91.3 cm³/mol. The predicted octanol–water partition coefficient (Wildman–Crippen LogP) is 6.08. The van der Waals surface area contributed by atoms with Crippen molar-refractivity contribution in [3.63, 3.8) is 0 Å². The molecule has 0 radical (unpaired) electrons. The van der Waals surface area contributed by atoms with Gasteiger partial charge in [-0.25, -0.2) is 0 Å². The molecule has 1 fully saturated rings. The summed E-state index contributed by atoms with van der Waals surface area (Å²) in [6.45, 7) is 8.38. The second-order valence-corrected chi connectivity index (χ2v) is 7.44. The third-order valence-electron chi connectivity index (χ3n) is 5.19. The molecule has 0 spiro atoms. The van der Waals surface area contributed by atoms with Crippen LogP contribution in [0.15, 0.2) is 0 Å². The summed E-state index contributed by atoms with van der Waals surface area (Å²) in [7, 11) is 0. The standard InChI is InChI=1S/C19H39N/c1-4-6-9-13-18(14-10-7-5-2)20-17-19(3)15-11-8-12-16-19/h18,20H,4-17H2,1-3H3. The Morgan fingerprint density at radius 1 is 0.850 bits per heavy atom. The number of hydrogen-bond acceptors (Lipinski definition) is 1. The van der Waals surface area contributed by atoms with Crippen molar-refractivity contribution in [2.24, 2.45) is 5.41 Å². The quantitative estimate of drug-likeness (QED) is 0.453. The van der Waals surface area contributed by atoms with Crippen LogP contribution in [0.4, 0.5) is 0 Å². The first-order valence-electron chi connectivity index (χ1n) is 9.43. The minimum atomic E-state index is 0.589. The smallest absolute Gasteiger partial charge is 0.00672 e. The van der Waals surface area contributed by atoms with Gasteiger partial charge >= 0.3 is 0 Å². The van der Waals surface area contributed by atoms with Crippen LogP contribution in [0.2, 0.25) is 0 Å². The van der Waals surface area contributed by atoms with Crippen LogP contribution in [0.25, 0.3) is 0 Å². The second kappa shape index (κ2) is 10.7. The summed E-state index contributed by atoms with van der Waals surface area (Å²) >= 11 is 0. The van der Waals surface area contributed by atoms with Crippen molar-refractivity contribution in [3.05, 3.63) is 0 Å². The lowest BCUT2D eigenvalue weighted by Crippen LogP contribution is -2.39. The van der Waals surface area contributed by atoms with Crippen LogP contribution in [0.5, 0.6) is 0 Å². The molecule has 1 heteroatoms. The molecule has 1 N–H and O–H groups in total. The van der Waals surface area contributed by atoms with E-state index >= 15 is 0 Å². The van der Waals surface area contributed by atoms with E-state index in [1.165, 1.54) is 90.0 Å². The van der Waals surface area contributed by atoms with Gasteiger partial charge in [0.05, 0.1) is 0 Å². The van der Waals surface area contributed by atoms with Gasteiger partial charge in [-0.15, -0.1) is 0 Å². The Balaban J connectivity index is 2.29. The van der Waals surface area contributed by atoms with E-state index in [-0.39, 0.29) is 0 Å². The zero-order chi connectivity index (χ0) is 14.7. The van der Waals surface area contributed by atoms with Crippen LogP contribution in [-0.2, 0) is 0 Å². The fourth-order valence-corrected chi connectivity index (χ4v) is 3.60. The molecule has 0 aromatic rings. The van der Waals surface area contributed by atoms with Gasteiger partial charge in [0.1, 0.15) is 0 Å². The van der Waals surface area contributed by atoms with Crippen molar-refractivity contribution in [2.45, 2.75) is 110 Å². The third-order valence-corrected chi connectivity index (χ3v) is 5.19. The highest BCUT2D eigenvalue weighted by Crippen LogP contribution is 2.35. The Kier molecular flexibility index (Phi) is 9.59. The molecule has 0 heterocycles. The molecule has 1 saturated carbocycles. The van der Waals surface area contributed by atoms with Crippen molar-refractivity contribution < 1.29 is 0 Å². The van der Waals surface area contributed by atoms with Crippen molar-refractivity contribution >= 4 is 0 Å². The van der Waals surface area contributed by atoms with Crippen molar-refractivity contribution in [2.75, 3.05) is 6.54 Å². The first-order valence-corrected chi connectivity index (χ1v) is 9.43. The Hall–Kier alpha value is -0.0400. The largest absolute Gasteiger partial charge is 0.313 e. The molecular formula is C19H39N. The minimum Gasteiger partial charge on any atom is -0.313 e. The van der Waals surface area contributed by atoms with Gasteiger partial charge in [-0.1, -0.05) is 78.6 Å². The lowest BCUT2D eigenvalue weighted by molar-refractivity contribution is 0.196. The molecule has 0 saturated heterocycles. The monoisotopic (exact) mass is 281 g/mol. The number of rotatable bonds is 11. The van der Waals surface area contributed by atoms with Gasteiger partial charge in [0.15, 0.2) is 0 Å². The van der Waals surface area contributed by atoms with E-state index in [9.17, 15) is 0 Å². The molecule has 0 unspecified atom stereocenters. The van der Waals surface area contributed by atoms with E-state index in [0.29, 0.717) is 5.41 Å². The Bertz CT molecular complexity index is 208. The van der Waals surface area contributed by atoms with E-state index < -0.39 is 0 Å². The summed E-state index contributed by atoms with van der Waals surface area (Å²) < 4.78 is 0. The fraction of sp³-hybridized carbons (Fsp3) is 1.00. The first kappa shape index (κ1) is 18.0. The Morgan fingerprint density at radius 2 is 1.40 bits per heavy atom. The van der Waals surface area contributed by atoms with E-state index in [0.717, 1.165) is 6.04 Å². The topological polar surface area (TPSA) is 12.0 Å². The fourth-order valence-electron chi connectivity index (χ4n) is 3.60. The molecular weight excluding hydrogens is 242 g/mol. The zero-order valence-electron chi connectivity index (χ0n) is 14.5. The number of unbranched alkanes of at least 4 members (excludes halogenated alkanes) is 4. The van der Waals surface area contributed by atoms with Gasteiger partial charge in [-0.3, -0.25) is 0 Å². The summed E-state index contributed by atoms with van der Waals surface area (Å²) in [5.74, 6) is 0. The SMILES string of the molecule is CCCCCC(CCCCC)NCC1(C)CCCCC1. The average molecular weight is 282 g/mol. The van der Waals surface area contributed by atoms with Crippen LogP contribution in [0.1, 0.15) is 104 Å². The van der Waals surface area contributed by atoms with Crippen LogP contribution >= 0.6 is 0 Å². The number of nitrogens with one attached hydrogen (secondary N) is 1. The van der Waals surface area contributed by atoms with Gasteiger partial charge in [0.2, 0.25) is 0 Å². The molecule has 0 amide bonds. The van der Waals surface area contributed by atoms with E-state index in [1.807, 2.05) is 0 Å². The summed E-state index contributed by atoms with van der Waals surface area (Å²) in [6.07, 6.45) is 18.4. The highest BCUT2D eigenvalue weighted by Gasteiger charge is 2.27. The molecule has 20 heavy (non-hydrogen) atoms. The molecule has 120 valence electrons. The second-order valence-electron chi connectivity index (χ2n) is 7.44. The highest BCUT2D eigenvalue weighted by molar-refractivity contribution is 4.82. The molecule has 0 aromatic carbocycles. The molecule has 0 atom stereocenters.